The molecular formula is C74H140N2O7P+. The highest BCUT2D eigenvalue weighted by molar-refractivity contribution is 7.47. The number of phosphoric acid groups is 1. The van der Waals surface area contributed by atoms with Crippen molar-refractivity contribution in [1.29, 1.82) is 0 Å². The van der Waals surface area contributed by atoms with E-state index >= 15 is 0 Å². The Morgan fingerprint density at radius 2 is 0.726 bits per heavy atom. The van der Waals surface area contributed by atoms with E-state index in [1.165, 1.54) is 238 Å². The average molecular weight is 1200 g/mol. The third-order valence-corrected chi connectivity index (χ3v) is 17.2. The van der Waals surface area contributed by atoms with Gasteiger partial charge in [-0.15, -0.1) is 0 Å². The molecule has 3 atom stereocenters. The van der Waals surface area contributed by atoms with Gasteiger partial charge in [-0.25, -0.2) is 4.57 Å². The molecule has 492 valence electrons. The second-order valence-electron chi connectivity index (χ2n) is 25.8. The van der Waals surface area contributed by atoms with E-state index in [2.05, 4.69) is 74.7 Å². The van der Waals surface area contributed by atoms with Crippen LogP contribution in [0.1, 0.15) is 348 Å². The first kappa shape index (κ1) is 81.7. The molecule has 0 aliphatic carbocycles. The SMILES string of the molecule is CCCCC/C=C\C/C=C\C/C=C\C/C=C\CCCCCCCCCCCCCC(=O)NC(COP(=O)(O)OCC[N+](C)(C)C)C(/C=C\CCCCCCCCCCCC)OC(=O)CCCCCCCCCCCCCCCCCCCCC. The highest BCUT2D eigenvalue weighted by Crippen LogP contribution is 2.43. The monoisotopic (exact) mass is 1200 g/mol. The summed E-state index contributed by atoms with van der Waals surface area (Å²) >= 11 is 0. The largest absolute Gasteiger partial charge is 0.472 e. The molecule has 0 aliphatic heterocycles. The maximum Gasteiger partial charge on any atom is 0.472 e. The lowest BCUT2D eigenvalue weighted by Crippen LogP contribution is -2.47. The molecule has 0 spiro atoms. The van der Waals surface area contributed by atoms with Gasteiger partial charge in [0.05, 0.1) is 33.8 Å². The summed E-state index contributed by atoms with van der Waals surface area (Å²) in [7, 11) is 1.50. The van der Waals surface area contributed by atoms with Gasteiger partial charge in [0.2, 0.25) is 5.91 Å². The molecule has 0 heterocycles. The Hall–Kier alpha value is -2.29. The van der Waals surface area contributed by atoms with Crippen LogP contribution in [0.15, 0.2) is 60.8 Å². The molecule has 0 bridgehead atoms. The van der Waals surface area contributed by atoms with Gasteiger partial charge in [-0.3, -0.25) is 18.6 Å². The molecule has 2 N–H and O–H groups in total. The van der Waals surface area contributed by atoms with Crippen LogP contribution in [0.5, 0.6) is 0 Å². The van der Waals surface area contributed by atoms with Gasteiger partial charge < -0.3 is 19.4 Å². The van der Waals surface area contributed by atoms with Gasteiger partial charge in [0, 0.05) is 12.8 Å². The minimum atomic E-state index is -4.45. The Labute approximate surface area is 521 Å². The van der Waals surface area contributed by atoms with Crippen molar-refractivity contribution in [2.45, 2.75) is 360 Å². The normalized spacial score (nSPS) is 13.8. The molecule has 10 heteroatoms. The van der Waals surface area contributed by atoms with Crippen LogP contribution < -0.4 is 5.32 Å². The average Bonchev–Trinajstić information content (AvgIpc) is 3.64. The van der Waals surface area contributed by atoms with E-state index in [1.54, 1.807) is 0 Å². The number of carbonyl (C=O) groups excluding carboxylic acids is 2. The molecule has 0 radical (unpaired) electrons. The Morgan fingerprint density at radius 3 is 1.11 bits per heavy atom. The Kier molecular flexibility index (Phi) is 62.0. The van der Waals surface area contributed by atoms with Crippen molar-refractivity contribution in [2.24, 2.45) is 0 Å². The first-order valence-electron chi connectivity index (χ1n) is 36.1. The number of rotatable bonds is 66. The van der Waals surface area contributed by atoms with E-state index in [0.717, 1.165) is 77.0 Å². The van der Waals surface area contributed by atoms with Gasteiger partial charge in [-0.05, 0) is 76.7 Å². The lowest BCUT2D eigenvalue weighted by Gasteiger charge is -2.27. The fraction of sp³-hybridized carbons (Fsp3) is 0.838. The van der Waals surface area contributed by atoms with Crippen molar-refractivity contribution in [1.82, 2.24) is 5.32 Å². The molecular weight excluding hydrogens is 1060 g/mol. The van der Waals surface area contributed by atoms with Crippen LogP contribution >= 0.6 is 7.82 Å². The lowest BCUT2D eigenvalue weighted by molar-refractivity contribution is -0.870. The molecule has 0 saturated heterocycles. The van der Waals surface area contributed by atoms with Crippen LogP contribution in [0.2, 0.25) is 0 Å². The molecule has 0 saturated carbocycles. The summed E-state index contributed by atoms with van der Waals surface area (Å²) in [6.45, 7) is 7.03. The quantitative estimate of drug-likeness (QED) is 0.0205. The van der Waals surface area contributed by atoms with Crippen molar-refractivity contribution < 1.29 is 37.3 Å². The number of quaternary nitrogens is 1. The number of amides is 1. The van der Waals surface area contributed by atoms with Crippen LogP contribution in [0.4, 0.5) is 0 Å². The number of allylic oxidation sites excluding steroid dienone is 9. The maximum absolute atomic E-state index is 13.6. The van der Waals surface area contributed by atoms with E-state index in [-0.39, 0.29) is 25.1 Å². The molecule has 0 aliphatic rings. The first-order chi connectivity index (χ1) is 40.9. The number of unbranched alkanes of at least 4 members (excludes halogenated alkanes) is 42. The van der Waals surface area contributed by atoms with Crippen molar-refractivity contribution in [3.8, 4) is 0 Å². The van der Waals surface area contributed by atoms with Crippen molar-refractivity contribution >= 4 is 19.7 Å². The van der Waals surface area contributed by atoms with Gasteiger partial charge in [-0.2, -0.15) is 0 Å². The maximum atomic E-state index is 13.6. The number of hydrogen-bond donors (Lipinski definition) is 2. The highest BCUT2D eigenvalue weighted by atomic mass is 31.2. The number of esters is 1. The van der Waals surface area contributed by atoms with Crippen molar-refractivity contribution in [3.05, 3.63) is 60.8 Å². The zero-order valence-electron chi connectivity index (χ0n) is 56.4. The molecule has 84 heavy (non-hydrogen) atoms. The molecule has 0 fully saturated rings. The van der Waals surface area contributed by atoms with Crippen LogP contribution in [0.3, 0.4) is 0 Å². The molecule has 1 amide bonds. The summed E-state index contributed by atoms with van der Waals surface area (Å²) in [6, 6.07) is -0.850. The van der Waals surface area contributed by atoms with Gasteiger partial charge in [-0.1, -0.05) is 319 Å². The summed E-state index contributed by atoms with van der Waals surface area (Å²) in [5.74, 6) is -0.493. The predicted octanol–water partition coefficient (Wildman–Crippen LogP) is 23.0. The topological polar surface area (TPSA) is 111 Å². The van der Waals surface area contributed by atoms with E-state index in [9.17, 15) is 19.0 Å². The molecule has 0 aromatic heterocycles. The van der Waals surface area contributed by atoms with Crippen molar-refractivity contribution in [2.75, 3.05) is 40.9 Å². The number of hydrogen-bond acceptors (Lipinski definition) is 6. The lowest BCUT2D eigenvalue weighted by atomic mass is 10.0. The first-order valence-corrected chi connectivity index (χ1v) is 37.6. The van der Waals surface area contributed by atoms with Crippen molar-refractivity contribution in [3.63, 3.8) is 0 Å². The summed E-state index contributed by atoms with van der Waals surface area (Å²) in [5, 5.41) is 3.07. The van der Waals surface area contributed by atoms with E-state index in [1.807, 2.05) is 33.3 Å². The highest BCUT2D eigenvalue weighted by Gasteiger charge is 2.30. The fourth-order valence-electron chi connectivity index (χ4n) is 10.6. The standard InChI is InChI=1S/C74H139N2O7P/c1-7-10-13-16-19-22-25-28-30-32-34-35-36-37-38-39-40-41-43-44-46-48-51-54-57-60-63-66-73(77)75-71(70-82-84(79,80)81-69-68-76(4,5)6)72(65-62-59-56-53-50-27-24-21-18-15-12-9-3)83-74(78)67-64-61-58-55-52-49-47-45-42-33-31-29-26-23-20-17-14-11-8-2/h19,22,28,30,34-35,37-38,62,65,71-72H,7-18,20-21,23-27,29,31-33,36,39-61,63-64,66-70H2,1-6H3,(H-,75,77,79,80)/p+1/b22-19-,30-28-,35-34-,38-37-,65-62-. The van der Waals surface area contributed by atoms with Gasteiger partial charge in [0.15, 0.2) is 0 Å². The number of carbonyl (C=O) groups is 2. The van der Waals surface area contributed by atoms with Crippen LogP contribution in [-0.2, 0) is 27.9 Å². The van der Waals surface area contributed by atoms with E-state index in [0.29, 0.717) is 23.9 Å². The number of nitrogens with one attached hydrogen (secondary N) is 1. The molecule has 0 aromatic carbocycles. The molecule has 9 nitrogen and oxygen atoms in total. The summed E-state index contributed by atoms with van der Waals surface area (Å²) < 4.78 is 30.8. The zero-order chi connectivity index (χ0) is 61.4. The number of phosphoric ester groups is 1. The Morgan fingerprint density at radius 1 is 0.417 bits per heavy atom. The minimum absolute atomic E-state index is 0.0404. The number of likely N-dealkylation sites (N-methyl/N-ethyl adjacent to an activating group) is 1. The molecule has 3 unspecified atom stereocenters. The number of nitrogens with zero attached hydrogens (tertiary/aromatic N) is 1. The second kappa shape index (κ2) is 63.7. The van der Waals surface area contributed by atoms with E-state index in [4.69, 9.17) is 13.8 Å². The third-order valence-electron chi connectivity index (χ3n) is 16.2. The van der Waals surface area contributed by atoms with Crippen LogP contribution in [-0.4, -0.2) is 74.3 Å². The van der Waals surface area contributed by atoms with Gasteiger partial charge in [0.25, 0.3) is 0 Å². The molecule has 0 aromatic rings. The minimum Gasteiger partial charge on any atom is -0.456 e. The zero-order valence-corrected chi connectivity index (χ0v) is 57.3. The number of ether oxygens (including phenoxy) is 1. The summed E-state index contributed by atoms with van der Waals surface area (Å²) in [4.78, 5) is 37.9. The Balaban J connectivity index is 5.02. The van der Waals surface area contributed by atoms with Crippen LogP contribution in [0, 0.1) is 0 Å². The van der Waals surface area contributed by atoms with E-state index < -0.39 is 20.0 Å². The molecule has 0 rings (SSSR count). The van der Waals surface area contributed by atoms with Gasteiger partial charge in [0.1, 0.15) is 19.3 Å². The fourth-order valence-corrected chi connectivity index (χ4v) is 11.4. The predicted molar refractivity (Wildman–Crippen MR) is 365 cm³/mol. The van der Waals surface area contributed by atoms with Crippen LogP contribution in [0.25, 0.3) is 0 Å². The summed E-state index contributed by atoms with van der Waals surface area (Å²) in [5.41, 5.74) is 0. The Bertz CT molecular complexity index is 1620. The smallest absolute Gasteiger partial charge is 0.456 e. The summed E-state index contributed by atoms with van der Waals surface area (Å²) in [6.07, 6.45) is 82.3. The second-order valence-corrected chi connectivity index (χ2v) is 27.2. The third kappa shape index (κ3) is 64.2. The van der Waals surface area contributed by atoms with Gasteiger partial charge >= 0.3 is 13.8 Å².